The first kappa shape index (κ1) is 13.3. The summed E-state index contributed by atoms with van der Waals surface area (Å²) in [7, 11) is 0. The van der Waals surface area contributed by atoms with Gasteiger partial charge in [-0.3, -0.25) is 10.6 Å². The van der Waals surface area contributed by atoms with E-state index in [-0.39, 0.29) is 12.5 Å². The SMILES string of the molecule is Cc1noc(CNC(=O)c2cc(Cl)ccc2NN)n1. The largest absolute Gasteiger partial charge is 0.343 e. The van der Waals surface area contributed by atoms with Crippen molar-refractivity contribution in [1.29, 1.82) is 0 Å². The number of hydrogen-bond acceptors (Lipinski definition) is 6. The lowest BCUT2D eigenvalue weighted by Gasteiger charge is -2.08. The lowest BCUT2D eigenvalue weighted by atomic mass is 10.1. The number of nitrogens with two attached hydrogens (primary N) is 1. The number of hydrazine groups is 1. The first-order chi connectivity index (χ1) is 9.10. The van der Waals surface area contributed by atoms with Gasteiger partial charge < -0.3 is 15.3 Å². The van der Waals surface area contributed by atoms with Crippen molar-refractivity contribution in [2.24, 2.45) is 5.84 Å². The highest BCUT2D eigenvalue weighted by atomic mass is 35.5. The predicted molar refractivity (Wildman–Crippen MR) is 69.5 cm³/mol. The number of carbonyl (C=O) groups is 1. The van der Waals surface area contributed by atoms with Crippen LogP contribution in [0.25, 0.3) is 0 Å². The molecule has 8 heteroatoms. The molecule has 1 aromatic heterocycles. The van der Waals surface area contributed by atoms with Crippen molar-refractivity contribution in [1.82, 2.24) is 15.5 Å². The quantitative estimate of drug-likeness (QED) is 0.575. The maximum absolute atomic E-state index is 12.0. The van der Waals surface area contributed by atoms with E-state index >= 15 is 0 Å². The molecular weight excluding hydrogens is 270 g/mol. The summed E-state index contributed by atoms with van der Waals surface area (Å²) < 4.78 is 4.89. The zero-order chi connectivity index (χ0) is 13.8. The Hall–Kier alpha value is -2.12. The minimum absolute atomic E-state index is 0.135. The Morgan fingerprint density at radius 3 is 2.95 bits per heavy atom. The van der Waals surface area contributed by atoms with Crippen LogP contribution in [0.1, 0.15) is 22.1 Å². The third-order valence-electron chi connectivity index (χ3n) is 2.35. The summed E-state index contributed by atoms with van der Waals surface area (Å²) >= 11 is 5.85. The van der Waals surface area contributed by atoms with Crippen LogP contribution >= 0.6 is 11.6 Å². The molecule has 2 rings (SSSR count). The van der Waals surface area contributed by atoms with Crippen LogP contribution in [-0.4, -0.2) is 16.0 Å². The van der Waals surface area contributed by atoms with Crippen LogP contribution in [-0.2, 0) is 6.54 Å². The fraction of sp³-hybridized carbons (Fsp3) is 0.182. The molecule has 7 nitrogen and oxygen atoms in total. The van der Waals surface area contributed by atoms with E-state index < -0.39 is 0 Å². The van der Waals surface area contributed by atoms with Crippen molar-refractivity contribution in [3.05, 3.63) is 40.5 Å². The van der Waals surface area contributed by atoms with Gasteiger partial charge in [-0.2, -0.15) is 4.98 Å². The first-order valence-corrected chi connectivity index (χ1v) is 5.81. The van der Waals surface area contributed by atoms with Gasteiger partial charge in [-0.15, -0.1) is 0 Å². The Morgan fingerprint density at radius 1 is 1.53 bits per heavy atom. The maximum atomic E-state index is 12.0. The summed E-state index contributed by atoms with van der Waals surface area (Å²) in [5, 5.41) is 6.71. The average Bonchev–Trinajstić information content (AvgIpc) is 2.81. The van der Waals surface area contributed by atoms with Crippen LogP contribution in [0, 0.1) is 6.92 Å². The van der Waals surface area contributed by atoms with Crippen LogP contribution < -0.4 is 16.6 Å². The second-order valence-electron chi connectivity index (χ2n) is 3.75. The molecular formula is C11H12ClN5O2. The molecule has 0 radical (unpaired) electrons. The molecule has 0 aliphatic rings. The standard InChI is InChI=1S/C11H12ClN5O2/c1-6-15-10(19-17-6)5-14-11(18)8-4-7(12)2-3-9(8)16-13/h2-4,16H,5,13H2,1H3,(H,14,18). The highest BCUT2D eigenvalue weighted by Gasteiger charge is 2.12. The summed E-state index contributed by atoms with van der Waals surface area (Å²) in [5.41, 5.74) is 3.25. The summed E-state index contributed by atoms with van der Waals surface area (Å²) in [6.07, 6.45) is 0. The molecule has 19 heavy (non-hydrogen) atoms. The molecule has 0 bridgehead atoms. The molecule has 0 saturated heterocycles. The molecule has 0 spiro atoms. The van der Waals surface area contributed by atoms with Gasteiger partial charge in [-0.05, 0) is 25.1 Å². The van der Waals surface area contributed by atoms with Gasteiger partial charge in [0.15, 0.2) is 5.82 Å². The third-order valence-corrected chi connectivity index (χ3v) is 2.59. The van der Waals surface area contributed by atoms with Gasteiger partial charge >= 0.3 is 0 Å². The molecule has 4 N–H and O–H groups in total. The van der Waals surface area contributed by atoms with E-state index in [1.54, 1.807) is 19.1 Å². The van der Waals surface area contributed by atoms with Gasteiger partial charge in [-0.25, -0.2) is 0 Å². The van der Waals surface area contributed by atoms with E-state index in [1.807, 2.05) is 0 Å². The van der Waals surface area contributed by atoms with E-state index in [2.05, 4.69) is 20.9 Å². The predicted octanol–water partition coefficient (Wildman–Crippen LogP) is 1.25. The van der Waals surface area contributed by atoms with Gasteiger partial charge in [-0.1, -0.05) is 16.8 Å². The molecule has 0 unspecified atom stereocenters. The van der Waals surface area contributed by atoms with Crippen molar-refractivity contribution >= 4 is 23.2 Å². The minimum Gasteiger partial charge on any atom is -0.343 e. The maximum Gasteiger partial charge on any atom is 0.253 e. The van der Waals surface area contributed by atoms with Gasteiger partial charge in [0, 0.05) is 5.02 Å². The first-order valence-electron chi connectivity index (χ1n) is 5.43. The van der Waals surface area contributed by atoms with Crippen molar-refractivity contribution < 1.29 is 9.32 Å². The second kappa shape index (κ2) is 5.68. The highest BCUT2D eigenvalue weighted by molar-refractivity contribution is 6.31. The number of aryl methyl sites for hydroxylation is 1. The molecule has 0 fully saturated rings. The fourth-order valence-corrected chi connectivity index (χ4v) is 1.67. The number of carbonyl (C=O) groups excluding carboxylic acids is 1. The second-order valence-corrected chi connectivity index (χ2v) is 4.19. The van der Waals surface area contributed by atoms with Gasteiger partial charge in [0.2, 0.25) is 5.89 Å². The number of aromatic nitrogens is 2. The smallest absolute Gasteiger partial charge is 0.253 e. The highest BCUT2D eigenvalue weighted by Crippen LogP contribution is 2.19. The third kappa shape index (κ3) is 3.21. The Labute approximate surface area is 114 Å². The normalized spacial score (nSPS) is 10.3. The summed E-state index contributed by atoms with van der Waals surface area (Å²) in [5.74, 6) is 5.83. The number of amides is 1. The molecule has 2 aromatic rings. The van der Waals surface area contributed by atoms with Crippen molar-refractivity contribution in [2.45, 2.75) is 13.5 Å². The van der Waals surface area contributed by atoms with Crippen LogP contribution in [0.2, 0.25) is 5.02 Å². The number of nitrogens with zero attached hydrogens (tertiary/aromatic N) is 2. The number of rotatable bonds is 4. The zero-order valence-corrected chi connectivity index (χ0v) is 10.9. The Morgan fingerprint density at radius 2 is 2.32 bits per heavy atom. The van der Waals surface area contributed by atoms with E-state index in [0.29, 0.717) is 28.0 Å². The average molecular weight is 282 g/mol. The van der Waals surface area contributed by atoms with E-state index in [4.69, 9.17) is 22.0 Å². The molecule has 0 saturated carbocycles. The van der Waals surface area contributed by atoms with Crippen LogP contribution in [0.15, 0.2) is 22.7 Å². The Balaban J connectivity index is 2.09. The minimum atomic E-state index is -0.341. The number of hydrogen-bond donors (Lipinski definition) is 3. The van der Waals surface area contributed by atoms with E-state index in [9.17, 15) is 4.79 Å². The number of halogens is 1. The van der Waals surface area contributed by atoms with Crippen molar-refractivity contribution in [2.75, 3.05) is 5.43 Å². The molecule has 0 atom stereocenters. The zero-order valence-electron chi connectivity index (χ0n) is 10.1. The molecule has 1 heterocycles. The Bertz CT molecular complexity index is 599. The molecule has 0 aliphatic carbocycles. The molecule has 1 aromatic carbocycles. The summed E-state index contributed by atoms with van der Waals surface area (Å²) in [4.78, 5) is 16.0. The Kier molecular flexibility index (Phi) is 3.98. The monoisotopic (exact) mass is 281 g/mol. The molecule has 0 aliphatic heterocycles. The van der Waals surface area contributed by atoms with Gasteiger partial charge in [0.25, 0.3) is 5.91 Å². The van der Waals surface area contributed by atoms with E-state index in [1.165, 1.54) is 6.07 Å². The van der Waals surface area contributed by atoms with Crippen LogP contribution in [0.5, 0.6) is 0 Å². The number of nitrogen functional groups attached to an aromatic ring is 1. The summed E-state index contributed by atoms with van der Waals surface area (Å²) in [6.45, 7) is 1.83. The summed E-state index contributed by atoms with van der Waals surface area (Å²) in [6, 6.07) is 4.77. The fourth-order valence-electron chi connectivity index (χ4n) is 1.49. The van der Waals surface area contributed by atoms with Gasteiger partial charge in [0.1, 0.15) is 0 Å². The van der Waals surface area contributed by atoms with E-state index in [0.717, 1.165) is 0 Å². The molecule has 1 amide bonds. The van der Waals surface area contributed by atoms with Crippen LogP contribution in [0.3, 0.4) is 0 Å². The topological polar surface area (TPSA) is 106 Å². The lowest BCUT2D eigenvalue weighted by molar-refractivity contribution is 0.0947. The van der Waals surface area contributed by atoms with Crippen molar-refractivity contribution in [3.63, 3.8) is 0 Å². The number of nitrogens with one attached hydrogen (secondary N) is 2. The number of benzene rings is 1. The van der Waals surface area contributed by atoms with Crippen LogP contribution in [0.4, 0.5) is 5.69 Å². The van der Waals surface area contributed by atoms with Gasteiger partial charge in [0.05, 0.1) is 17.8 Å². The number of anilines is 1. The molecule has 100 valence electrons. The lowest BCUT2D eigenvalue weighted by Crippen LogP contribution is -2.25. The van der Waals surface area contributed by atoms with Crippen molar-refractivity contribution in [3.8, 4) is 0 Å².